The van der Waals surface area contributed by atoms with Crippen LogP contribution in [0.25, 0.3) is 0 Å². The molecule has 0 aliphatic heterocycles. The van der Waals surface area contributed by atoms with E-state index in [4.69, 9.17) is 10.8 Å². The Morgan fingerprint density at radius 2 is 1.68 bits per heavy atom. The maximum atomic E-state index is 12.4. The highest BCUT2D eigenvalue weighted by Gasteiger charge is 2.26. The van der Waals surface area contributed by atoms with Gasteiger partial charge in [0.25, 0.3) is 0 Å². The van der Waals surface area contributed by atoms with Crippen molar-refractivity contribution in [2.24, 2.45) is 17.6 Å². The molecule has 0 unspecified atom stereocenters. The van der Waals surface area contributed by atoms with Crippen LogP contribution in [0.2, 0.25) is 0 Å². The van der Waals surface area contributed by atoms with Crippen molar-refractivity contribution in [3.05, 3.63) is 35.4 Å². The van der Waals surface area contributed by atoms with Crippen molar-refractivity contribution in [1.82, 2.24) is 0 Å². The Morgan fingerprint density at radius 1 is 1.09 bits per heavy atom. The average molecular weight is 326 g/mol. The predicted octanol–water partition coefficient (Wildman–Crippen LogP) is 3.07. The molecule has 5 heteroatoms. The number of nitrogens with two attached hydrogens (primary N) is 1. The van der Waals surface area contributed by atoms with Gasteiger partial charge in [0, 0.05) is 17.9 Å². The molecule has 0 saturated heterocycles. The Kier molecular flexibility index (Phi) is 7.56. The fraction of sp³-hybridized carbons (Fsp3) is 0.529. The van der Waals surface area contributed by atoms with Crippen LogP contribution in [0.15, 0.2) is 24.3 Å². The molecule has 1 aliphatic carbocycles. The fourth-order valence-electron chi connectivity index (χ4n) is 2.98. The second-order valence-electron chi connectivity index (χ2n) is 5.91. The molecule has 1 fully saturated rings. The highest BCUT2D eigenvalue weighted by molar-refractivity contribution is 5.97. The average Bonchev–Trinajstić information content (AvgIpc) is 2.53. The zero-order valence-electron chi connectivity index (χ0n) is 12.7. The summed E-state index contributed by atoms with van der Waals surface area (Å²) in [6, 6.07) is 7.38. The van der Waals surface area contributed by atoms with Crippen LogP contribution in [0, 0.1) is 11.8 Å². The monoisotopic (exact) mass is 325 g/mol. The molecule has 1 aromatic carbocycles. The molecule has 1 saturated carbocycles. The molecule has 0 bridgehead atoms. The lowest BCUT2D eigenvalue weighted by atomic mass is 9.78. The largest absolute Gasteiger partial charge is 0.481 e. The standard InChI is InChI=1S/C17H23NO3.ClH/c18-11-13-3-8-15(9-4-13)17(21)14-6-1-12(2-7-14)5-10-16(19)20;/h1-2,6-7,13,15H,3-5,8-11,18H2,(H,19,20);1H/t13-,15-;. The molecule has 1 aliphatic rings. The third-order valence-corrected chi connectivity index (χ3v) is 4.42. The van der Waals surface area contributed by atoms with Crippen LogP contribution >= 0.6 is 12.4 Å². The van der Waals surface area contributed by atoms with E-state index in [1.54, 1.807) is 0 Å². The number of hydrogen-bond donors (Lipinski definition) is 2. The first-order valence-electron chi connectivity index (χ1n) is 7.65. The predicted molar refractivity (Wildman–Crippen MR) is 88.5 cm³/mol. The summed E-state index contributed by atoms with van der Waals surface area (Å²) < 4.78 is 0. The number of carbonyl (C=O) groups excluding carboxylic acids is 1. The normalized spacial score (nSPS) is 21.0. The minimum Gasteiger partial charge on any atom is -0.481 e. The lowest BCUT2D eigenvalue weighted by Gasteiger charge is -2.26. The Hall–Kier alpha value is -1.39. The molecule has 0 radical (unpaired) electrons. The molecule has 1 aromatic rings. The second-order valence-corrected chi connectivity index (χ2v) is 5.91. The third-order valence-electron chi connectivity index (χ3n) is 4.42. The van der Waals surface area contributed by atoms with E-state index in [1.807, 2.05) is 24.3 Å². The summed E-state index contributed by atoms with van der Waals surface area (Å²) in [5.41, 5.74) is 7.38. The van der Waals surface area contributed by atoms with Gasteiger partial charge >= 0.3 is 5.97 Å². The van der Waals surface area contributed by atoms with Gasteiger partial charge in [0.1, 0.15) is 0 Å². The van der Waals surface area contributed by atoms with E-state index < -0.39 is 5.97 Å². The van der Waals surface area contributed by atoms with Gasteiger partial charge in [0.15, 0.2) is 5.78 Å². The van der Waals surface area contributed by atoms with Crippen LogP contribution in [0.5, 0.6) is 0 Å². The highest BCUT2D eigenvalue weighted by Crippen LogP contribution is 2.30. The van der Waals surface area contributed by atoms with Crippen molar-refractivity contribution in [1.29, 1.82) is 0 Å². The lowest BCUT2D eigenvalue weighted by Crippen LogP contribution is -2.25. The Labute approximate surface area is 137 Å². The zero-order valence-corrected chi connectivity index (χ0v) is 13.5. The number of halogens is 1. The van der Waals surface area contributed by atoms with Crippen LogP contribution < -0.4 is 5.73 Å². The van der Waals surface area contributed by atoms with Gasteiger partial charge in [-0.1, -0.05) is 24.3 Å². The summed E-state index contributed by atoms with van der Waals surface area (Å²) in [6.45, 7) is 0.721. The number of carbonyl (C=O) groups is 2. The molecule has 3 N–H and O–H groups in total. The smallest absolute Gasteiger partial charge is 0.303 e. The summed E-state index contributed by atoms with van der Waals surface area (Å²) in [7, 11) is 0. The van der Waals surface area contributed by atoms with E-state index in [-0.39, 0.29) is 30.5 Å². The molecule has 22 heavy (non-hydrogen) atoms. The number of Topliss-reactive ketones (excluding diaryl/α,β-unsaturated/α-hetero) is 1. The Bertz CT molecular complexity index is 493. The minimum absolute atomic E-state index is 0. The summed E-state index contributed by atoms with van der Waals surface area (Å²) in [4.78, 5) is 23.0. The van der Waals surface area contributed by atoms with E-state index in [0.29, 0.717) is 12.3 Å². The quantitative estimate of drug-likeness (QED) is 0.788. The van der Waals surface area contributed by atoms with Crippen molar-refractivity contribution >= 4 is 24.2 Å². The number of carboxylic acid groups (broad SMARTS) is 1. The van der Waals surface area contributed by atoms with E-state index in [2.05, 4.69) is 0 Å². The van der Waals surface area contributed by atoms with E-state index in [0.717, 1.165) is 43.4 Å². The van der Waals surface area contributed by atoms with Gasteiger partial charge in [-0.15, -0.1) is 12.4 Å². The van der Waals surface area contributed by atoms with Crippen LogP contribution in [0.1, 0.15) is 48.0 Å². The Morgan fingerprint density at radius 3 is 2.18 bits per heavy atom. The van der Waals surface area contributed by atoms with E-state index in [9.17, 15) is 9.59 Å². The van der Waals surface area contributed by atoms with Crippen LogP contribution in [-0.2, 0) is 11.2 Å². The molecule has 0 spiro atoms. The van der Waals surface area contributed by atoms with E-state index >= 15 is 0 Å². The first kappa shape index (κ1) is 18.7. The maximum absolute atomic E-state index is 12.4. The Balaban J connectivity index is 0.00000242. The number of aryl methyl sites for hydroxylation is 1. The molecule has 0 heterocycles. The topological polar surface area (TPSA) is 80.4 Å². The van der Waals surface area contributed by atoms with Crippen molar-refractivity contribution < 1.29 is 14.7 Å². The molecular formula is C17H24ClNO3. The first-order chi connectivity index (χ1) is 10.1. The fourth-order valence-corrected chi connectivity index (χ4v) is 2.98. The molecule has 0 amide bonds. The summed E-state index contributed by atoms with van der Waals surface area (Å²) in [5.74, 6) is 0.118. The van der Waals surface area contributed by atoms with Crippen molar-refractivity contribution in [2.45, 2.75) is 38.5 Å². The summed E-state index contributed by atoms with van der Waals surface area (Å²) >= 11 is 0. The maximum Gasteiger partial charge on any atom is 0.303 e. The number of rotatable bonds is 6. The summed E-state index contributed by atoms with van der Waals surface area (Å²) in [5, 5.41) is 8.67. The molecule has 0 atom stereocenters. The number of aliphatic carboxylic acids is 1. The summed E-state index contributed by atoms with van der Waals surface area (Å²) in [6.07, 6.45) is 4.58. The van der Waals surface area contributed by atoms with Gasteiger partial charge in [-0.2, -0.15) is 0 Å². The first-order valence-corrected chi connectivity index (χ1v) is 7.65. The number of hydrogen-bond acceptors (Lipinski definition) is 3. The van der Waals surface area contributed by atoms with Crippen LogP contribution in [0.3, 0.4) is 0 Å². The second kappa shape index (κ2) is 8.91. The number of carboxylic acids is 1. The zero-order chi connectivity index (χ0) is 15.2. The van der Waals surface area contributed by atoms with Gasteiger partial charge in [-0.25, -0.2) is 0 Å². The van der Waals surface area contributed by atoms with Crippen molar-refractivity contribution in [2.75, 3.05) is 6.54 Å². The van der Waals surface area contributed by atoms with Gasteiger partial charge in [0.05, 0.1) is 0 Å². The SMILES string of the molecule is Cl.NC[C@H]1CC[C@H](C(=O)c2ccc(CCC(=O)O)cc2)CC1. The van der Waals surface area contributed by atoms with Crippen molar-refractivity contribution in [3.63, 3.8) is 0 Å². The number of ketones is 1. The van der Waals surface area contributed by atoms with E-state index in [1.165, 1.54) is 0 Å². The molecule has 2 rings (SSSR count). The molecular weight excluding hydrogens is 302 g/mol. The van der Waals surface area contributed by atoms with Gasteiger partial charge in [-0.3, -0.25) is 9.59 Å². The molecule has 122 valence electrons. The van der Waals surface area contributed by atoms with Crippen LogP contribution in [0.4, 0.5) is 0 Å². The van der Waals surface area contributed by atoms with Gasteiger partial charge in [-0.05, 0) is 50.1 Å². The minimum atomic E-state index is -0.799. The van der Waals surface area contributed by atoms with Gasteiger partial charge < -0.3 is 10.8 Å². The lowest BCUT2D eigenvalue weighted by molar-refractivity contribution is -0.136. The third kappa shape index (κ3) is 5.11. The van der Waals surface area contributed by atoms with Gasteiger partial charge in [0.2, 0.25) is 0 Å². The number of benzene rings is 1. The molecule has 4 nitrogen and oxygen atoms in total. The highest BCUT2D eigenvalue weighted by atomic mass is 35.5. The molecule has 0 aromatic heterocycles. The van der Waals surface area contributed by atoms with Crippen molar-refractivity contribution in [3.8, 4) is 0 Å². The van der Waals surface area contributed by atoms with Crippen LogP contribution in [-0.4, -0.2) is 23.4 Å².